The van der Waals surface area contributed by atoms with Crippen LogP contribution >= 0.6 is 0 Å². The second kappa shape index (κ2) is 7.14. The molecule has 0 unspecified atom stereocenters. The Hall–Kier alpha value is -1.26. The highest BCUT2D eigenvalue weighted by Gasteiger charge is 2.19. The van der Waals surface area contributed by atoms with Gasteiger partial charge in [-0.25, -0.2) is 4.79 Å². The van der Waals surface area contributed by atoms with Gasteiger partial charge in [-0.05, 0) is 34.1 Å². The van der Waals surface area contributed by atoms with Gasteiger partial charge in [0.1, 0.15) is 5.60 Å². The first-order valence-electron chi connectivity index (χ1n) is 5.86. The second-order valence-corrected chi connectivity index (χ2v) is 4.81. The second-order valence-electron chi connectivity index (χ2n) is 4.81. The van der Waals surface area contributed by atoms with Crippen LogP contribution in [-0.2, 0) is 14.3 Å². The molecule has 0 aliphatic rings. The number of amides is 1. The molecule has 0 aliphatic carbocycles. The standard InChI is InChI=1S/C12H23NO4/c1-6-16-10(14)8-7-9-13(5)11(15)17-12(2,3)4/h6-9H2,1-5H3. The number of hydrogen-bond acceptors (Lipinski definition) is 4. The molecule has 0 fully saturated rings. The van der Waals surface area contributed by atoms with E-state index in [1.165, 1.54) is 4.90 Å². The summed E-state index contributed by atoms with van der Waals surface area (Å²) in [4.78, 5) is 24.1. The Balaban J connectivity index is 3.82. The summed E-state index contributed by atoms with van der Waals surface area (Å²) in [5.41, 5.74) is -0.494. The number of esters is 1. The maximum Gasteiger partial charge on any atom is 0.410 e. The summed E-state index contributed by atoms with van der Waals surface area (Å²) in [5, 5.41) is 0. The Morgan fingerprint density at radius 1 is 1.24 bits per heavy atom. The van der Waals surface area contributed by atoms with Crippen molar-refractivity contribution in [3.8, 4) is 0 Å². The molecule has 1 amide bonds. The first-order valence-corrected chi connectivity index (χ1v) is 5.86. The molecule has 0 radical (unpaired) electrons. The average molecular weight is 245 g/mol. The summed E-state index contributed by atoms with van der Waals surface area (Å²) in [6.45, 7) is 8.09. The minimum Gasteiger partial charge on any atom is -0.466 e. The van der Waals surface area contributed by atoms with Gasteiger partial charge >= 0.3 is 12.1 Å². The fourth-order valence-electron chi connectivity index (χ4n) is 1.12. The molecule has 0 heterocycles. The van der Waals surface area contributed by atoms with E-state index < -0.39 is 5.60 Å². The number of carbonyl (C=O) groups excluding carboxylic acids is 2. The van der Waals surface area contributed by atoms with Gasteiger partial charge in [0.15, 0.2) is 0 Å². The minimum atomic E-state index is -0.494. The molecule has 100 valence electrons. The molecule has 0 saturated heterocycles. The van der Waals surface area contributed by atoms with Crippen LogP contribution in [0, 0.1) is 0 Å². The van der Waals surface area contributed by atoms with E-state index in [1.807, 2.05) is 20.8 Å². The SMILES string of the molecule is CCOC(=O)CCCN(C)C(=O)OC(C)(C)C. The summed E-state index contributed by atoms with van der Waals surface area (Å²) < 4.78 is 9.97. The van der Waals surface area contributed by atoms with Gasteiger partial charge in [0.25, 0.3) is 0 Å². The van der Waals surface area contributed by atoms with Gasteiger partial charge in [0.2, 0.25) is 0 Å². The van der Waals surface area contributed by atoms with Gasteiger partial charge in [-0.1, -0.05) is 0 Å². The molecule has 0 spiro atoms. The third-order valence-corrected chi connectivity index (χ3v) is 1.88. The highest BCUT2D eigenvalue weighted by Crippen LogP contribution is 2.09. The Kier molecular flexibility index (Phi) is 6.61. The van der Waals surface area contributed by atoms with Gasteiger partial charge in [-0.2, -0.15) is 0 Å². The quantitative estimate of drug-likeness (QED) is 0.697. The molecule has 0 rings (SSSR count). The molecule has 0 aliphatic heterocycles. The molecule has 0 N–H and O–H groups in total. The Bertz CT molecular complexity index is 258. The summed E-state index contributed by atoms with van der Waals surface area (Å²) in [7, 11) is 1.65. The maximum atomic E-state index is 11.5. The van der Waals surface area contributed by atoms with Crippen molar-refractivity contribution in [2.45, 2.75) is 46.1 Å². The fraction of sp³-hybridized carbons (Fsp3) is 0.833. The van der Waals surface area contributed by atoms with E-state index in [-0.39, 0.29) is 12.1 Å². The topological polar surface area (TPSA) is 55.8 Å². The number of nitrogens with zero attached hydrogens (tertiary/aromatic N) is 1. The number of rotatable bonds is 5. The summed E-state index contributed by atoms with van der Waals surface area (Å²) in [6.07, 6.45) is 0.525. The smallest absolute Gasteiger partial charge is 0.410 e. The van der Waals surface area contributed by atoms with E-state index >= 15 is 0 Å². The Labute approximate surface area is 103 Å². The van der Waals surface area contributed by atoms with Crippen molar-refractivity contribution in [3.05, 3.63) is 0 Å². The maximum absolute atomic E-state index is 11.5. The monoisotopic (exact) mass is 245 g/mol. The molecule has 0 atom stereocenters. The van der Waals surface area contributed by atoms with Crippen molar-refractivity contribution in [3.63, 3.8) is 0 Å². The zero-order valence-corrected chi connectivity index (χ0v) is 11.4. The predicted octanol–water partition coefficient (Wildman–Crippen LogP) is 2.20. The molecule has 0 aromatic carbocycles. The van der Waals surface area contributed by atoms with Crippen molar-refractivity contribution in [1.29, 1.82) is 0 Å². The van der Waals surface area contributed by atoms with Gasteiger partial charge in [0.05, 0.1) is 6.61 Å². The number of ether oxygens (including phenoxy) is 2. The third-order valence-electron chi connectivity index (χ3n) is 1.88. The summed E-state index contributed by atoms with van der Waals surface area (Å²) in [5.74, 6) is -0.231. The van der Waals surface area contributed by atoms with Crippen molar-refractivity contribution >= 4 is 12.1 Å². The lowest BCUT2D eigenvalue weighted by atomic mass is 10.2. The van der Waals surface area contributed by atoms with Gasteiger partial charge in [-0.15, -0.1) is 0 Å². The highest BCUT2D eigenvalue weighted by atomic mass is 16.6. The number of hydrogen-bond donors (Lipinski definition) is 0. The van der Waals surface area contributed by atoms with Crippen LogP contribution in [-0.4, -0.2) is 42.8 Å². The molecule has 0 aromatic heterocycles. The van der Waals surface area contributed by atoms with Crippen LogP contribution in [0.2, 0.25) is 0 Å². The third kappa shape index (κ3) is 8.54. The predicted molar refractivity (Wildman–Crippen MR) is 64.7 cm³/mol. The molecular formula is C12H23NO4. The molecule has 17 heavy (non-hydrogen) atoms. The van der Waals surface area contributed by atoms with Crippen LogP contribution in [0.5, 0.6) is 0 Å². The van der Waals surface area contributed by atoms with Gasteiger partial charge in [-0.3, -0.25) is 4.79 Å². The van der Waals surface area contributed by atoms with Crippen LogP contribution in [0.1, 0.15) is 40.5 Å². The van der Waals surface area contributed by atoms with E-state index in [0.29, 0.717) is 26.0 Å². The lowest BCUT2D eigenvalue weighted by molar-refractivity contribution is -0.143. The summed E-state index contributed by atoms with van der Waals surface area (Å²) in [6, 6.07) is 0. The molecule has 5 heteroatoms. The normalized spacial score (nSPS) is 10.9. The first kappa shape index (κ1) is 15.7. The molecule has 0 aromatic rings. The Morgan fingerprint density at radius 2 is 1.82 bits per heavy atom. The van der Waals surface area contributed by atoms with Crippen LogP contribution in [0.4, 0.5) is 4.79 Å². The van der Waals surface area contributed by atoms with E-state index in [1.54, 1.807) is 14.0 Å². The average Bonchev–Trinajstić information content (AvgIpc) is 2.15. The minimum absolute atomic E-state index is 0.231. The Morgan fingerprint density at radius 3 is 2.29 bits per heavy atom. The van der Waals surface area contributed by atoms with Crippen LogP contribution in [0.15, 0.2) is 0 Å². The zero-order chi connectivity index (χ0) is 13.5. The zero-order valence-electron chi connectivity index (χ0n) is 11.4. The van der Waals surface area contributed by atoms with Crippen LogP contribution < -0.4 is 0 Å². The molecular weight excluding hydrogens is 222 g/mol. The lowest BCUT2D eigenvalue weighted by Gasteiger charge is -2.24. The highest BCUT2D eigenvalue weighted by molar-refractivity contribution is 5.70. The van der Waals surface area contributed by atoms with Crippen molar-refractivity contribution in [1.82, 2.24) is 4.90 Å². The van der Waals surface area contributed by atoms with E-state index in [9.17, 15) is 9.59 Å². The lowest BCUT2D eigenvalue weighted by Crippen LogP contribution is -2.34. The first-order chi connectivity index (χ1) is 7.76. The largest absolute Gasteiger partial charge is 0.466 e. The van der Waals surface area contributed by atoms with Crippen molar-refractivity contribution in [2.24, 2.45) is 0 Å². The molecule has 0 saturated carbocycles. The molecule has 0 bridgehead atoms. The molecule has 5 nitrogen and oxygen atoms in total. The van der Waals surface area contributed by atoms with Crippen LogP contribution in [0.3, 0.4) is 0 Å². The van der Waals surface area contributed by atoms with E-state index in [4.69, 9.17) is 9.47 Å². The summed E-state index contributed by atoms with van der Waals surface area (Å²) >= 11 is 0. The van der Waals surface area contributed by atoms with Crippen LogP contribution in [0.25, 0.3) is 0 Å². The van der Waals surface area contributed by atoms with E-state index in [0.717, 1.165) is 0 Å². The van der Waals surface area contributed by atoms with Gasteiger partial charge in [0, 0.05) is 20.0 Å². The van der Waals surface area contributed by atoms with Crippen molar-refractivity contribution < 1.29 is 19.1 Å². The number of carbonyl (C=O) groups is 2. The van der Waals surface area contributed by atoms with Crippen molar-refractivity contribution in [2.75, 3.05) is 20.2 Å². The fourth-order valence-corrected chi connectivity index (χ4v) is 1.12. The van der Waals surface area contributed by atoms with Gasteiger partial charge < -0.3 is 14.4 Å². The van der Waals surface area contributed by atoms with E-state index in [2.05, 4.69) is 0 Å².